The van der Waals surface area contributed by atoms with Gasteiger partial charge in [0.05, 0.1) is 12.5 Å². The average Bonchev–Trinajstić information content (AvgIpc) is 2.54. The molecule has 108 valence electrons. The molecule has 0 aliphatic carbocycles. The largest absolute Gasteiger partial charge is 0.345 e. The van der Waals surface area contributed by atoms with Crippen molar-refractivity contribution in [1.82, 2.24) is 5.32 Å². The molecule has 1 atom stereocenters. The molecule has 1 unspecified atom stereocenters. The summed E-state index contributed by atoms with van der Waals surface area (Å²) in [5.74, 6) is -0.371. The summed E-state index contributed by atoms with van der Waals surface area (Å²) < 4.78 is 14.2. The molecule has 1 aliphatic rings. The number of carbonyl (C=O) groups is 1. The van der Waals surface area contributed by atoms with E-state index >= 15 is 0 Å². The van der Waals surface area contributed by atoms with Crippen molar-refractivity contribution in [2.24, 2.45) is 0 Å². The topological polar surface area (TPSA) is 29.1 Å². The predicted octanol–water partition coefficient (Wildman–Crippen LogP) is 3.74. The van der Waals surface area contributed by atoms with Crippen LogP contribution in [0.1, 0.15) is 22.7 Å². The van der Waals surface area contributed by atoms with E-state index in [4.69, 9.17) is 0 Å². The Hall–Kier alpha value is -2.68. The molecular formula is C19H14FNO. The smallest absolute Gasteiger partial charge is 0.225 e. The SMILES string of the molecule is O=C1Cc2ccc3ccccc3c2C(c2ccccc2F)N1. The highest BCUT2D eigenvalue weighted by Crippen LogP contribution is 2.35. The second kappa shape index (κ2) is 4.95. The molecule has 22 heavy (non-hydrogen) atoms. The van der Waals surface area contributed by atoms with Gasteiger partial charge in [-0.15, -0.1) is 0 Å². The Kier molecular flexibility index (Phi) is 2.93. The highest BCUT2D eigenvalue weighted by molar-refractivity contribution is 5.92. The van der Waals surface area contributed by atoms with Crippen LogP contribution in [-0.4, -0.2) is 5.91 Å². The first kappa shape index (κ1) is 13.0. The summed E-state index contributed by atoms with van der Waals surface area (Å²) in [6.07, 6.45) is 0.338. The maximum Gasteiger partial charge on any atom is 0.225 e. The number of hydrogen-bond donors (Lipinski definition) is 1. The van der Waals surface area contributed by atoms with Crippen LogP contribution >= 0.6 is 0 Å². The molecule has 4 rings (SSSR count). The van der Waals surface area contributed by atoms with Gasteiger partial charge in [0.2, 0.25) is 5.91 Å². The van der Waals surface area contributed by atoms with Crippen LogP contribution in [0.2, 0.25) is 0 Å². The Morgan fingerprint density at radius 2 is 1.73 bits per heavy atom. The first-order valence-electron chi connectivity index (χ1n) is 7.28. The van der Waals surface area contributed by atoms with Gasteiger partial charge in [-0.25, -0.2) is 4.39 Å². The Bertz CT molecular complexity index is 887. The molecule has 3 aromatic rings. The summed E-state index contributed by atoms with van der Waals surface area (Å²) in [6.45, 7) is 0. The first-order chi connectivity index (χ1) is 10.7. The molecule has 3 heteroatoms. The molecule has 1 N–H and O–H groups in total. The van der Waals surface area contributed by atoms with Crippen molar-refractivity contribution in [3.05, 3.63) is 83.2 Å². The lowest BCUT2D eigenvalue weighted by Gasteiger charge is -2.28. The number of carbonyl (C=O) groups excluding carboxylic acids is 1. The fourth-order valence-corrected chi connectivity index (χ4v) is 3.24. The zero-order chi connectivity index (χ0) is 15.1. The Morgan fingerprint density at radius 1 is 0.955 bits per heavy atom. The molecular weight excluding hydrogens is 277 g/mol. The van der Waals surface area contributed by atoms with E-state index in [-0.39, 0.29) is 11.7 Å². The molecule has 0 spiro atoms. The van der Waals surface area contributed by atoms with Crippen molar-refractivity contribution in [3.63, 3.8) is 0 Å². The van der Waals surface area contributed by atoms with Crippen molar-refractivity contribution >= 4 is 16.7 Å². The minimum Gasteiger partial charge on any atom is -0.345 e. The molecule has 1 aliphatic heterocycles. The number of hydrogen-bond acceptors (Lipinski definition) is 1. The van der Waals surface area contributed by atoms with Crippen molar-refractivity contribution in [3.8, 4) is 0 Å². The number of nitrogens with one attached hydrogen (secondary N) is 1. The number of rotatable bonds is 1. The summed E-state index contributed by atoms with van der Waals surface area (Å²) in [4.78, 5) is 12.0. The summed E-state index contributed by atoms with van der Waals surface area (Å²) in [5.41, 5.74) is 2.48. The molecule has 0 saturated heterocycles. The standard InChI is InChI=1S/C19H14FNO/c20-16-8-4-3-7-15(16)19-18-13(11-17(22)21-19)10-9-12-5-1-2-6-14(12)18/h1-10,19H,11H2,(H,21,22). The van der Waals surface area contributed by atoms with Gasteiger partial charge in [-0.05, 0) is 28.0 Å². The fraction of sp³-hybridized carbons (Fsp3) is 0.105. The third-order valence-electron chi connectivity index (χ3n) is 4.22. The van der Waals surface area contributed by atoms with Gasteiger partial charge in [0, 0.05) is 5.56 Å². The minimum atomic E-state index is -0.441. The lowest BCUT2D eigenvalue weighted by atomic mass is 9.85. The van der Waals surface area contributed by atoms with Crippen LogP contribution in [0.5, 0.6) is 0 Å². The van der Waals surface area contributed by atoms with Gasteiger partial charge in [0.25, 0.3) is 0 Å². The third kappa shape index (κ3) is 1.98. The number of benzene rings is 3. The maximum absolute atomic E-state index is 14.2. The van der Waals surface area contributed by atoms with Gasteiger partial charge in [-0.1, -0.05) is 54.6 Å². The van der Waals surface area contributed by atoms with Crippen molar-refractivity contribution in [2.45, 2.75) is 12.5 Å². The Morgan fingerprint density at radius 3 is 2.59 bits per heavy atom. The monoisotopic (exact) mass is 291 g/mol. The van der Waals surface area contributed by atoms with E-state index in [1.807, 2.05) is 36.4 Å². The van der Waals surface area contributed by atoms with Crippen LogP contribution in [0.15, 0.2) is 60.7 Å². The van der Waals surface area contributed by atoms with Gasteiger partial charge in [0.15, 0.2) is 0 Å². The number of halogens is 1. The average molecular weight is 291 g/mol. The number of fused-ring (bicyclic) bond motifs is 3. The second-order valence-electron chi connectivity index (χ2n) is 5.56. The molecule has 3 aromatic carbocycles. The second-order valence-corrected chi connectivity index (χ2v) is 5.56. The van der Waals surface area contributed by atoms with E-state index in [9.17, 15) is 9.18 Å². The van der Waals surface area contributed by atoms with E-state index in [2.05, 4.69) is 5.32 Å². The van der Waals surface area contributed by atoms with Crippen molar-refractivity contribution in [2.75, 3.05) is 0 Å². The van der Waals surface area contributed by atoms with E-state index in [0.717, 1.165) is 21.9 Å². The van der Waals surface area contributed by atoms with Crippen LogP contribution in [-0.2, 0) is 11.2 Å². The van der Waals surface area contributed by atoms with Crippen LogP contribution in [0.4, 0.5) is 4.39 Å². The molecule has 0 saturated carbocycles. The quantitative estimate of drug-likeness (QED) is 0.727. The molecule has 1 heterocycles. The Labute approximate surface area is 127 Å². The zero-order valence-corrected chi connectivity index (χ0v) is 11.8. The molecule has 0 aromatic heterocycles. The molecule has 0 fully saturated rings. The van der Waals surface area contributed by atoms with Crippen molar-refractivity contribution < 1.29 is 9.18 Å². The lowest BCUT2D eigenvalue weighted by molar-refractivity contribution is -0.121. The molecule has 0 radical (unpaired) electrons. The molecule has 2 nitrogen and oxygen atoms in total. The number of amides is 1. The van der Waals surface area contributed by atoms with Crippen LogP contribution < -0.4 is 5.32 Å². The molecule has 0 bridgehead atoms. The maximum atomic E-state index is 14.2. The van der Waals surface area contributed by atoms with Crippen LogP contribution in [0, 0.1) is 5.82 Å². The highest BCUT2D eigenvalue weighted by atomic mass is 19.1. The highest BCUT2D eigenvalue weighted by Gasteiger charge is 2.29. The van der Waals surface area contributed by atoms with Gasteiger partial charge in [0.1, 0.15) is 5.82 Å². The van der Waals surface area contributed by atoms with E-state index < -0.39 is 6.04 Å². The predicted molar refractivity (Wildman–Crippen MR) is 84.0 cm³/mol. The van der Waals surface area contributed by atoms with Gasteiger partial charge >= 0.3 is 0 Å². The first-order valence-corrected chi connectivity index (χ1v) is 7.28. The summed E-state index contributed by atoms with van der Waals surface area (Å²) in [5, 5.41) is 5.10. The summed E-state index contributed by atoms with van der Waals surface area (Å²) in [6, 6.07) is 18.2. The van der Waals surface area contributed by atoms with Crippen molar-refractivity contribution in [1.29, 1.82) is 0 Å². The molecule has 1 amide bonds. The van der Waals surface area contributed by atoms with E-state index in [0.29, 0.717) is 12.0 Å². The normalized spacial score (nSPS) is 17.1. The Balaban J connectivity index is 2.02. The fourth-order valence-electron chi connectivity index (χ4n) is 3.24. The van der Waals surface area contributed by atoms with E-state index in [1.54, 1.807) is 18.2 Å². The van der Waals surface area contributed by atoms with Gasteiger partial charge in [-0.2, -0.15) is 0 Å². The third-order valence-corrected chi connectivity index (χ3v) is 4.22. The van der Waals surface area contributed by atoms with Crippen LogP contribution in [0.3, 0.4) is 0 Å². The van der Waals surface area contributed by atoms with Gasteiger partial charge < -0.3 is 5.32 Å². The van der Waals surface area contributed by atoms with E-state index in [1.165, 1.54) is 6.07 Å². The zero-order valence-electron chi connectivity index (χ0n) is 11.8. The lowest BCUT2D eigenvalue weighted by Crippen LogP contribution is -2.36. The summed E-state index contributed by atoms with van der Waals surface area (Å²) >= 11 is 0. The summed E-state index contributed by atoms with van der Waals surface area (Å²) in [7, 11) is 0. The van der Waals surface area contributed by atoms with Crippen LogP contribution in [0.25, 0.3) is 10.8 Å². The van der Waals surface area contributed by atoms with Gasteiger partial charge in [-0.3, -0.25) is 4.79 Å². The minimum absolute atomic E-state index is 0.0731.